The molecule has 0 bridgehead atoms. The molecule has 1 aliphatic carbocycles. The summed E-state index contributed by atoms with van der Waals surface area (Å²) >= 11 is 5.89. The number of hydrogen-bond donors (Lipinski definition) is 1. The number of hydrogen-bond acceptors (Lipinski definition) is 3. The second kappa shape index (κ2) is 9.13. The number of likely N-dealkylation sites (tertiary alicyclic amines) is 1. The molecule has 1 saturated carbocycles. The van der Waals surface area contributed by atoms with Gasteiger partial charge in [0.25, 0.3) is 5.92 Å². The summed E-state index contributed by atoms with van der Waals surface area (Å²) < 4.78 is 85.7. The van der Waals surface area contributed by atoms with E-state index in [1.165, 1.54) is 31.2 Å². The van der Waals surface area contributed by atoms with Gasteiger partial charge in [0.1, 0.15) is 17.7 Å². The van der Waals surface area contributed by atoms with Gasteiger partial charge in [-0.1, -0.05) is 29.8 Å². The van der Waals surface area contributed by atoms with Crippen molar-refractivity contribution in [1.82, 2.24) is 9.62 Å². The van der Waals surface area contributed by atoms with Crippen LogP contribution in [0.2, 0.25) is 5.02 Å². The fourth-order valence-corrected chi connectivity index (χ4v) is 5.38. The number of carbonyl (C=O) groups is 1. The largest absolute Gasteiger partial charge is 0.331 e. The maximum atomic E-state index is 15.5. The summed E-state index contributed by atoms with van der Waals surface area (Å²) in [6.45, 7) is 0.357. The number of amides is 1. The lowest BCUT2D eigenvalue weighted by Gasteiger charge is -2.29. The van der Waals surface area contributed by atoms with Gasteiger partial charge in [-0.05, 0) is 55.5 Å². The minimum absolute atomic E-state index is 0.00474. The van der Waals surface area contributed by atoms with Crippen LogP contribution in [-0.2, 0) is 21.2 Å². The van der Waals surface area contributed by atoms with Gasteiger partial charge in [0, 0.05) is 16.5 Å². The second-order valence-electron chi connectivity index (χ2n) is 8.71. The van der Waals surface area contributed by atoms with Crippen LogP contribution in [0.5, 0.6) is 0 Å². The average Bonchev–Trinajstić information content (AvgIpc) is 3.57. The Morgan fingerprint density at radius 3 is 2.53 bits per heavy atom. The number of rotatable bonds is 7. The molecule has 1 N–H and O–H groups in total. The topological polar surface area (TPSA) is 66.5 Å². The third-order valence-electron chi connectivity index (χ3n) is 6.20. The van der Waals surface area contributed by atoms with Crippen LogP contribution < -0.4 is 4.72 Å². The van der Waals surface area contributed by atoms with E-state index in [2.05, 4.69) is 0 Å². The van der Waals surface area contributed by atoms with Crippen LogP contribution in [0.15, 0.2) is 36.4 Å². The number of carbonyl (C=O) groups excluding carboxylic acids is 1. The van der Waals surface area contributed by atoms with Crippen molar-refractivity contribution < 1.29 is 30.8 Å². The van der Waals surface area contributed by atoms with Gasteiger partial charge in [0.15, 0.2) is 0 Å². The zero-order valence-electron chi connectivity index (χ0n) is 18.2. The highest BCUT2D eigenvalue weighted by Crippen LogP contribution is 2.40. The smallest absolute Gasteiger partial charge is 0.283 e. The van der Waals surface area contributed by atoms with Crippen molar-refractivity contribution in [3.05, 3.63) is 58.6 Å². The third kappa shape index (κ3) is 5.08. The molecule has 0 radical (unpaired) electrons. The Hall–Kier alpha value is -2.17. The number of nitrogens with zero attached hydrogens (tertiary/aromatic N) is 1. The molecular weight excluding hydrogens is 496 g/mol. The molecule has 5 nitrogen and oxygen atoms in total. The number of alkyl halides is 2. The van der Waals surface area contributed by atoms with Gasteiger partial charge in [-0.2, -0.15) is 0 Å². The van der Waals surface area contributed by atoms with E-state index in [1.807, 2.05) is 4.72 Å². The van der Waals surface area contributed by atoms with Crippen LogP contribution in [0.4, 0.5) is 17.6 Å². The van der Waals surface area contributed by atoms with Crippen molar-refractivity contribution in [3.8, 4) is 11.1 Å². The summed E-state index contributed by atoms with van der Waals surface area (Å²) in [6.07, 6.45) is 0.792. The third-order valence-corrected chi connectivity index (χ3v) is 7.79. The fraction of sp³-hybridized carbons (Fsp3) is 0.435. The predicted octanol–water partition coefficient (Wildman–Crippen LogP) is 4.39. The molecule has 2 aromatic rings. The Kier molecular flexibility index (Phi) is 6.69. The van der Waals surface area contributed by atoms with E-state index in [4.69, 9.17) is 11.6 Å². The van der Waals surface area contributed by atoms with E-state index in [-0.39, 0.29) is 34.1 Å². The highest BCUT2D eigenvalue weighted by molar-refractivity contribution is 7.89. The lowest BCUT2D eigenvalue weighted by atomic mass is 9.95. The van der Waals surface area contributed by atoms with Crippen molar-refractivity contribution >= 4 is 27.5 Å². The molecule has 0 spiro atoms. The first kappa shape index (κ1) is 24.9. The zero-order valence-corrected chi connectivity index (χ0v) is 19.8. The van der Waals surface area contributed by atoms with Crippen LogP contribution in [0, 0.1) is 17.6 Å². The molecule has 11 heteroatoms. The van der Waals surface area contributed by atoms with Gasteiger partial charge in [-0.15, -0.1) is 0 Å². The maximum absolute atomic E-state index is 15.5. The van der Waals surface area contributed by atoms with Gasteiger partial charge < -0.3 is 4.90 Å². The minimum Gasteiger partial charge on any atom is -0.331 e. The van der Waals surface area contributed by atoms with Gasteiger partial charge in [-0.25, -0.2) is 30.7 Å². The molecule has 1 heterocycles. The van der Waals surface area contributed by atoms with Crippen molar-refractivity contribution in [3.63, 3.8) is 0 Å². The van der Waals surface area contributed by atoms with Crippen molar-refractivity contribution in [1.29, 1.82) is 0 Å². The highest BCUT2D eigenvalue weighted by atomic mass is 35.5. The first-order chi connectivity index (χ1) is 15.9. The highest BCUT2D eigenvalue weighted by Gasteiger charge is 2.58. The first-order valence-electron chi connectivity index (χ1n) is 10.8. The number of sulfonamides is 1. The lowest BCUT2D eigenvalue weighted by molar-refractivity contribution is -0.134. The van der Waals surface area contributed by atoms with Gasteiger partial charge >= 0.3 is 0 Å². The van der Waals surface area contributed by atoms with Crippen LogP contribution >= 0.6 is 11.6 Å². The van der Waals surface area contributed by atoms with Gasteiger partial charge in [-0.3, -0.25) is 4.79 Å². The Morgan fingerprint density at radius 1 is 1.21 bits per heavy atom. The molecule has 34 heavy (non-hydrogen) atoms. The summed E-state index contributed by atoms with van der Waals surface area (Å²) in [6, 6.07) is 4.59. The van der Waals surface area contributed by atoms with Crippen LogP contribution in [0.25, 0.3) is 11.1 Å². The maximum Gasteiger partial charge on any atom is 0.283 e. The summed E-state index contributed by atoms with van der Waals surface area (Å²) in [7, 11) is -4.04. The van der Waals surface area contributed by atoms with Crippen LogP contribution in [0.1, 0.15) is 25.3 Å². The molecule has 0 unspecified atom stereocenters. The molecular formula is C23H23ClF4N2O3S. The van der Waals surface area contributed by atoms with E-state index in [9.17, 15) is 26.4 Å². The minimum atomic E-state index is -4.04. The molecule has 184 valence electrons. The Morgan fingerprint density at radius 2 is 1.91 bits per heavy atom. The van der Waals surface area contributed by atoms with Crippen molar-refractivity contribution in [2.45, 2.75) is 44.2 Å². The Labute approximate surface area is 200 Å². The Balaban J connectivity index is 1.73. The lowest BCUT2D eigenvalue weighted by Crippen LogP contribution is -2.52. The summed E-state index contributed by atoms with van der Waals surface area (Å²) in [5, 5.41) is 0.0606. The predicted molar refractivity (Wildman–Crippen MR) is 120 cm³/mol. The van der Waals surface area contributed by atoms with E-state index in [0.29, 0.717) is 12.8 Å². The average molecular weight is 519 g/mol. The van der Waals surface area contributed by atoms with Gasteiger partial charge in [0.2, 0.25) is 15.9 Å². The quantitative estimate of drug-likeness (QED) is 0.553. The van der Waals surface area contributed by atoms with Crippen molar-refractivity contribution in [2.24, 2.45) is 5.92 Å². The van der Waals surface area contributed by atoms with E-state index in [1.54, 1.807) is 0 Å². The summed E-state index contributed by atoms with van der Waals surface area (Å²) in [4.78, 5) is 13.8. The summed E-state index contributed by atoms with van der Waals surface area (Å²) in [5.74, 6) is -6.29. The normalized spacial score (nSPS) is 22.2. The molecule has 0 aromatic heterocycles. The SMILES string of the molecule is CCS(=O)(=O)N[C@@H]1[C@H](Cc2cccc(-c3cc(F)cc(Cl)c3)c2F)N(C(=O)C2CC2)CC1(F)F. The van der Waals surface area contributed by atoms with E-state index >= 15 is 4.39 Å². The van der Waals surface area contributed by atoms with Gasteiger partial charge in [0.05, 0.1) is 18.3 Å². The van der Waals surface area contributed by atoms with Crippen LogP contribution in [0.3, 0.4) is 0 Å². The molecule has 4 rings (SSSR count). The zero-order chi connectivity index (χ0) is 24.8. The number of benzene rings is 2. The standard InChI is InChI=1S/C23H23ClF4N2O3S/c1-2-34(32,33)29-21-19(30(12-23(21,27)28)22(31)13-6-7-13)10-14-4-3-5-18(20(14)26)15-8-16(24)11-17(25)9-15/h3-5,8-9,11,13,19,21,29H,2,6-7,10,12H2,1H3/t19-,21+/m0/s1. The van der Waals surface area contributed by atoms with Crippen molar-refractivity contribution in [2.75, 3.05) is 12.3 Å². The molecule has 2 aromatic carbocycles. The van der Waals surface area contributed by atoms with Crippen LogP contribution in [-0.4, -0.2) is 49.5 Å². The first-order valence-corrected chi connectivity index (χ1v) is 12.9. The number of nitrogens with one attached hydrogen (secondary N) is 1. The molecule has 2 fully saturated rings. The monoisotopic (exact) mass is 518 g/mol. The molecule has 2 aliphatic rings. The molecule has 2 atom stereocenters. The molecule has 1 saturated heterocycles. The molecule has 1 aliphatic heterocycles. The second-order valence-corrected chi connectivity index (χ2v) is 11.2. The molecule has 1 amide bonds. The summed E-state index contributed by atoms with van der Waals surface area (Å²) in [5.41, 5.74) is 0.166. The number of halogens is 5. The fourth-order valence-electron chi connectivity index (χ4n) is 4.27. The van der Waals surface area contributed by atoms with E-state index < -0.39 is 57.9 Å². The Bertz CT molecular complexity index is 1200. The van der Waals surface area contributed by atoms with E-state index in [0.717, 1.165) is 17.0 Å².